The molecule has 3 aliphatic rings. The number of carbonyl (C=O) groups excluding carboxylic acids is 1. The number of amides is 1. The molecular formula is C28H28N6O4S. The molecule has 0 spiro atoms. The molecule has 0 radical (unpaired) electrons. The van der Waals surface area contributed by atoms with Gasteiger partial charge >= 0.3 is 0 Å². The zero-order chi connectivity index (χ0) is 26.8. The second-order valence-corrected chi connectivity index (χ2v) is 12.8. The predicted octanol–water partition coefficient (Wildman–Crippen LogP) is 4.01. The van der Waals surface area contributed by atoms with E-state index in [1.54, 1.807) is 17.7 Å². The van der Waals surface area contributed by atoms with Gasteiger partial charge in [0.05, 0.1) is 35.2 Å². The van der Waals surface area contributed by atoms with Gasteiger partial charge < -0.3 is 10.1 Å². The Hall–Kier alpha value is -3.99. The van der Waals surface area contributed by atoms with E-state index >= 15 is 0 Å². The highest BCUT2D eigenvalue weighted by molar-refractivity contribution is 7.93. The molecule has 3 aliphatic carbocycles. The number of fused-ring (bicyclic) bond motifs is 2. The molecule has 2 atom stereocenters. The minimum Gasteiger partial charge on any atom is -0.497 e. The summed E-state index contributed by atoms with van der Waals surface area (Å²) in [5.74, 6) is 1.83. The van der Waals surface area contributed by atoms with Crippen LogP contribution in [0, 0.1) is 11.8 Å². The van der Waals surface area contributed by atoms with Crippen LogP contribution in [0.3, 0.4) is 0 Å². The molecule has 0 bridgehead atoms. The van der Waals surface area contributed by atoms with Gasteiger partial charge in [-0.1, -0.05) is 12.1 Å². The molecule has 1 amide bonds. The first-order chi connectivity index (χ1) is 18.8. The number of hydrogen-bond donors (Lipinski definition) is 2. The van der Waals surface area contributed by atoms with Gasteiger partial charge in [-0.2, -0.15) is 5.10 Å². The van der Waals surface area contributed by atoms with E-state index in [4.69, 9.17) is 4.74 Å². The lowest BCUT2D eigenvalue weighted by Crippen LogP contribution is -2.40. The minimum absolute atomic E-state index is 0.127. The van der Waals surface area contributed by atoms with Crippen molar-refractivity contribution in [2.45, 2.75) is 42.8 Å². The standard InChI is InChI=1S/C28H28N6O4S/c1-38-21-8-9-34-24(11-21)23(15-31-34)17-2-4-20(5-3-17)32-27(35)28(13-18-10-19(18)14-28)25-12-26(30-16-29-25)33-39(36,37)22-6-7-22/h2-5,8-9,11-12,15-16,18-19,22H,6-7,10,13-14H2,1H3,(H,32,35)(H,29,30,33). The summed E-state index contributed by atoms with van der Waals surface area (Å²) in [6.45, 7) is 0. The van der Waals surface area contributed by atoms with Crippen LogP contribution in [0.1, 0.15) is 37.8 Å². The number of ether oxygens (including phenoxy) is 1. The summed E-state index contributed by atoms with van der Waals surface area (Å²) < 4.78 is 34.7. The van der Waals surface area contributed by atoms with E-state index in [9.17, 15) is 13.2 Å². The van der Waals surface area contributed by atoms with Crippen molar-refractivity contribution in [3.05, 3.63) is 66.9 Å². The Kier molecular flexibility index (Phi) is 5.41. The number of hydrogen-bond acceptors (Lipinski definition) is 7. The van der Waals surface area contributed by atoms with Crippen molar-refractivity contribution in [1.82, 2.24) is 19.6 Å². The minimum atomic E-state index is -3.47. The normalized spacial score (nSPS) is 23.8. The van der Waals surface area contributed by atoms with Crippen LogP contribution in [0.25, 0.3) is 16.6 Å². The van der Waals surface area contributed by atoms with Gasteiger partial charge in [0.25, 0.3) is 0 Å². The van der Waals surface area contributed by atoms with Crippen molar-refractivity contribution in [2.75, 3.05) is 17.1 Å². The van der Waals surface area contributed by atoms with Crippen molar-refractivity contribution in [3.8, 4) is 16.9 Å². The third-order valence-corrected chi connectivity index (χ3v) is 10.1. The van der Waals surface area contributed by atoms with Crippen molar-refractivity contribution < 1.29 is 17.9 Å². The van der Waals surface area contributed by atoms with Gasteiger partial charge in [0, 0.05) is 29.6 Å². The van der Waals surface area contributed by atoms with Crippen LogP contribution in [0.15, 0.2) is 61.2 Å². The lowest BCUT2D eigenvalue weighted by Gasteiger charge is -2.29. The highest BCUT2D eigenvalue weighted by atomic mass is 32.2. The van der Waals surface area contributed by atoms with Crippen LogP contribution in [0.5, 0.6) is 5.75 Å². The van der Waals surface area contributed by atoms with E-state index in [0.29, 0.717) is 48.9 Å². The Balaban J connectivity index is 1.14. The Morgan fingerprint density at radius 1 is 1.08 bits per heavy atom. The summed E-state index contributed by atoms with van der Waals surface area (Å²) in [6, 6.07) is 13.1. The third-order valence-electron chi connectivity index (χ3n) is 8.27. The van der Waals surface area contributed by atoms with Gasteiger partial charge in [-0.25, -0.2) is 22.9 Å². The van der Waals surface area contributed by atoms with Crippen molar-refractivity contribution in [2.24, 2.45) is 11.8 Å². The topological polar surface area (TPSA) is 128 Å². The molecule has 11 heteroatoms. The quantitative estimate of drug-likeness (QED) is 0.343. The molecule has 10 nitrogen and oxygen atoms in total. The highest BCUT2D eigenvalue weighted by Crippen LogP contribution is 2.60. The number of aromatic nitrogens is 4. The Bertz CT molecular complexity index is 1690. The SMILES string of the molecule is COc1ccn2ncc(-c3ccc(NC(=O)C4(c5cc(NS(=O)(=O)C6CC6)ncn5)CC5CC5C4)cc3)c2c1. The first-order valence-electron chi connectivity index (χ1n) is 13.1. The zero-order valence-electron chi connectivity index (χ0n) is 21.4. The van der Waals surface area contributed by atoms with Crippen LogP contribution in [-0.4, -0.2) is 46.3 Å². The molecule has 2 unspecified atom stereocenters. The number of rotatable bonds is 8. The average Bonchev–Trinajstić information content (AvgIpc) is 3.86. The molecule has 200 valence electrons. The number of carbonyl (C=O) groups is 1. The van der Waals surface area contributed by atoms with Crippen LogP contribution < -0.4 is 14.8 Å². The molecule has 7 rings (SSSR count). The molecular weight excluding hydrogens is 516 g/mol. The van der Waals surface area contributed by atoms with Crippen LogP contribution in [-0.2, 0) is 20.2 Å². The maximum Gasteiger partial charge on any atom is 0.236 e. The molecule has 0 aliphatic heterocycles. The largest absolute Gasteiger partial charge is 0.497 e. The van der Waals surface area contributed by atoms with E-state index in [0.717, 1.165) is 28.8 Å². The molecule has 3 heterocycles. The fourth-order valence-corrected chi connectivity index (χ4v) is 7.20. The van der Waals surface area contributed by atoms with E-state index in [-0.39, 0.29) is 17.0 Å². The molecule has 1 aromatic carbocycles. The van der Waals surface area contributed by atoms with E-state index in [1.807, 2.05) is 48.8 Å². The van der Waals surface area contributed by atoms with Gasteiger partial charge in [-0.15, -0.1) is 0 Å². The van der Waals surface area contributed by atoms with Gasteiger partial charge in [-0.3, -0.25) is 9.52 Å². The maximum absolute atomic E-state index is 13.8. The lowest BCUT2D eigenvalue weighted by atomic mass is 9.78. The highest BCUT2D eigenvalue weighted by Gasteiger charge is 2.59. The Labute approximate surface area is 225 Å². The number of sulfonamides is 1. The lowest BCUT2D eigenvalue weighted by molar-refractivity contribution is -0.122. The van der Waals surface area contributed by atoms with Crippen LogP contribution in [0.2, 0.25) is 0 Å². The second-order valence-electron chi connectivity index (χ2n) is 10.9. The zero-order valence-corrected chi connectivity index (χ0v) is 22.2. The van der Waals surface area contributed by atoms with E-state index in [2.05, 4.69) is 25.1 Å². The monoisotopic (exact) mass is 544 g/mol. The van der Waals surface area contributed by atoms with Gasteiger partial charge in [-0.05, 0) is 67.7 Å². The van der Waals surface area contributed by atoms with E-state index < -0.39 is 15.4 Å². The first kappa shape index (κ1) is 24.1. The fraction of sp³-hybridized carbons (Fsp3) is 0.357. The van der Waals surface area contributed by atoms with Crippen LogP contribution in [0.4, 0.5) is 11.5 Å². The molecule has 39 heavy (non-hydrogen) atoms. The Morgan fingerprint density at radius 2 is 1.85 bits per heavy atom. The number of nitrogens with zero attached hydrogens (tertiary/aromatic N) is 4. The second kappa shape index (κ2) is 8.77. The fourth-order valence-electron chi connectivity index (χ4n) is 5.88. The van der Waals surface area contributed by atoms with Gasteiger partial charge in [0.1, 0.15) is 17.9 Å². The summed E-state index contributed by atoms with van der Waals surface area (Å²) in [6.07, 6.45) is 8.84. The molecule has 3 aromatic heterocycles. The first-order valence-corrected chi connectivity index (χ1v) is 14.7. The van der Waals surface area contributed by atoms with Crippen LogP contribution >= 0.6 is 0 Å². The average molecular weight is 545 g/mol. The van der Waals surface area contributed by atoms with Crippen molar-refractivity contribution in [1.29, 1.82) is 0 Å². The van der Waals surface area contributed by atoms with Crippen molar-refractivity contribution in [3.63, 3.8) is 0 Å². The molecule has 3 saturated carbocycles. The van der Waals surface area contributed by atoms with E-state index in [1.165, 1.54) is 6.33 Å². The summed E-state index contributed by atoms with van der Waals surface area (Å²) in [5.41, 5.74) is 3.27. The predicted molar refractivity (Wildman–Crippen MR) is 146 cm³/mol. The summed E-state index contributed by atoms with van der Waals surface area (Å²) in [7, 11) is -1.83. The van der Waals surface area contributed by atoms with Gasteiger partial charge in [0.2, 0.25) is 15.9 Å². The Morgan fingerprint density at radius 3 is 2.56 bits per heavy atom. The molecule has 0 saturated heterocycles. The summed E-state index contributed by atoms with van der Waals surface area (Å²) >= 11 is 0. The maximum atomic E-state index is 13.8. The number of anilines is 2. The number of nitrogens with one attached hydrogen (secondary N) is 2. The number of benzene rings is 1. The molecule has 2 N–H and O–H groups in total. The summed E-state index contributed by atoms with van der Waals surface area (Å²) in [4.78, 5) is 22.4. The smallest absolute Gasteiger partial charge is 0.236 e. The van der Waals surface area contributed by atoms with Gasteiger partial charge in [0.15, 0.2) is 0 Å². The third kappa shape index (κ3) is 4.30. The molecule has 4 aromatic rings. The summed E-state index contributed by atoms with van der Waals surface area (Å²) in [5, 5.41) is 7.17. The number of pyridine rings is 1. The number of methoxy groups -OCH3 is 1. The van der Waals surface area contributed by atoms with Crippen molar-refractivity contribution >= 4 is 33.0 Å². The molecule has 3 fully saturated rings.